The molecule has 1 rings (SSSR count). The maximum Gasteiger partial charge on any atom is 0.0480 e. The molecule has 0 aromatic rings. The van der Waals surface area contributed by atoms with Gasteiger partial charge in [-0.1, -0.05) is 13.3 Å². The molecule has 0 atom stereocenters. The highest BCUT2D eigenvalue weighted by Gasteiger charge is 2.19. The number of unbranched alkanes of at least 4 members (excludes halogenated alkanes) is 1. The highest BCUT2D eigenvalue weighted by Crippen LogP contribution is 2.14. The second-order valence-corrected chi connectivity index (χ2v) is 4.02. The van der Waals surface area contributed by atoms with Gasteiger partial charge in [0.25, 0.3) is 0 Å². The van der Waals surface area contributed by atoms with Crippen LogP contribution in [-0.4, -0.2) is 43.8 Å². The van der Waals surface area contributed by atoms with E-state index in [0.29, 0.717) is 0 Å². The number of nitrogens with zero attached hydrogens (tertiary/aromatic N) is 1. The molecule has 14 heavy (non-hydrogen) atoms. The van der Waals surface area contributed by atoms with E-state index in [1.54, 1.807) is 0 Å². The molecule has 0 aromatic carbocycles. The summed E-state index contributed by atoms with van der Waals surface area (Å²) in [6, 6.07) is 0.721. The third kappa shape index (κ3) is 3.95. The Morgan fingerprint density at radius 2 is 2.00 bits per heavy atom. The molecule has 0 saturated carbocycles. The third-order valence-electron chi connectivity index (χ3n) is 2.92. The van der Waals surface area contributed by atoms with E-state index in [1.807, 2.05) is 0 Å². The van der Waals surface area contributed by atoms with Crippen LogP contribution < -0.4 is 5.73 Å². The Morgan fingerprint density at radius 1 is 1.29 bits per heavy atom. The molecular formula is C11H24N2O. The average Bonchev–Trinajstić information content (AvgIpc) is 2.25. The van der Waals surface area contributed by atoms with Crippen LogP contribution in [0.3, 0.4) is 0 Å². The maximum atomic E-state index is 5.63. The lowest BCUT2D eigenvalue weighted by molar-refractivity contribution is 0.0346. The minimum atomic E-state index is 0.721. The quantitative estimate of drug-likeness (QED) is 0.701. The molecule has 3 heteroatoms. The predicted molar refractivity (Wildman–Crippen MR) is 59.4 cm³/mol. The molecule has 1 saturated heterocycles. The fourth-order valence-corrected chi connectivity index (χ4v) is 2.05. The fourth-order valence-electron chi connectivity index (χ4n) is 2.05. The number of hydrogen-bond donors (Lipinski definition) is 1. The van der Waals surface area contributed by atoms with Crippen molar-refractivity contribution in [2.75, 3.05) is 32.8 Å². The smallest absolute Gasteiger partial charge is 0.0480 e. The molecule has 1 fully saturated rings. The van der Waals surface area contributed by atoms with Crippen LogP contribution in [0, 0.1) is 0 Å². The second kappa shape index (κ2) is 7.21. The van der Waals surface area contributed by atoms with Gasteiger partial charge in [-0.05, 0) is 25.8 Å². The van der Waals surface area contributed by atoms with E-state index in [-0.39, 0.29) is 0 Å². The lowest BCUT2D eigenvalue weighted by Crippen LogP contribution is -2.42. The summed E-state index contributed by atoms with van der Waals surface area (Å²) >= 11 is 0. The zero-order valence-electron chi connectivity index (χ0n) is 9.37. The molecule has 1 aliphatic heterocycles. The van der Waals surface area contributed by atoms with Crippen LogP contribution in [0.15, 0.2) is 0 Å². The Bertz CT molecular complexity index is 135. The van der Waals surface area contributed by atoms with Crippen molar-refractivity contribution in [3.8, 4) is 0 Å². The van der Waals surface area contributed by atoms with Gasteiger partial charge in [0.05, 0.1) is 0 Å². The summed E-state index contributed by atoms with van der Waals surface area (Å²) in [5.74, 6) is 0. The van der Waals surface area contributed by atoms with Gasteiger partial charge in [0.15, 0.2) is 0 Å². The van der Waals surface area contributed by atoms with Gasteiger partial charge in [0, 0.05) is 32.3 Å². The second-order valence-electron chi connectivity index (χ2n) is 4.02. The number of rotatable bonds is 6. The van der Waals surface area contributed by atoms with Gasteiger partial charge in [-0.2, -0.15) is 0 Å². The van der Waals surface area contributed by atoms with Crippen molar-refractivity contribution >= 4 is 0 Å². The first-order valence-corrected chi connectivity index (χ1v) is 5.90. The molecule has 0 aromatic heterocycles. The summed E-state index contributed by atoms with van der Waals surface area (Å²) in [5.41, 5.74) is 5.63. The van der Waals surface area contributed by atoms with Gasteiger partial charge >= 0.3 is 0 Å². The zero-order chi connectivity index (χ0) is 10.2. The molecule has 1 heterocycles. The number of hydrogen-bond acceptors (Lipinski definition) is 3. The van der Waals surface area contributed by atoms with Crippen molar-refractivity contribution in [3.05, 3.63) is 0 Å². The van der Waals surface area contributed by atoms with Crippen LogP contribution in [0.1, 0.15) is 32.6 Å². The summed E-state index contributed by atoms with van der Waals surface area (Å²) in [6.45, 7) is 7.13. The van der Waals surface area contributed by atoms with Gasteiger partial charge in [-0.15, -0.1) is 0 Å². The van der Waals surface area contributed by atoms with Crippen LogP contribution in [0.2, 0.25) is 0 Å². The highest BCUT2D eigenvalue weighted by molar-refractivity contribution is 4.74. The van der Waals surface area contributed by atoms with Gasteiger partial charge < -0.3 is 10.5 Å². The molecule has 1 aliphatic rings. The molecule has 0 aliphatic carbocycles. The summed E-state index contributed by atoms with van der Waals surface area (Å²) in [7, 11) is 0. The van der Waals surface area contributed by atoms with E-state index < -0.39 is 0 Å². The van der Waals surface area contributed by atoms with Crippen molar-refractivity contribution in [1.29, 1.82) is 0 Å². The Balaban J connectivity index is 2.30. The first-order valence-electron chi connectivity index (χ1n) is 5.90. The van der Waals surface area contributed by atoms with Crippen molar-refractivity contribution in [2.24, 2.45) is 5.73 Å². The predicted octanol–water partition coefficient (Wildman–Crippen LogP) is 1.23. The third-order valence-corrected chi connectivity index (χ3v) is 2.92. The number of nitrogens with two attached hydrogens (primary N) is 1. The zero-order valence-corrected chi connectivity index (χ0v) is 9.37. The number of ether oxygens (including phenoxy) is 1. The summed E-state index contributed by atoms with van der Waals surface area (Å²) in [6.07, 6.45) is 4.93. The minimum Gasteiger partial charge on any atom is -0.381 e. The van der Waals surface area contributed by atoms with Crippen molar-refractivity contribution in [1.82, 2.24) is 4.90 Å². The molecule has 0 unspecified atom stereocenters. The van der Waals surface area contributed by atoms with Crippen LogP contribution in [-0.2, 0) is 4.74 Å². The molecule has 0 bridgehead atoms. The summed E-state index contributed by atoms with van der Waals surface area (Å²) in [5, 5.41) is 0. The first-order chi connectivity index (χ1) is 6.88. The highest BCUT2D eigenvalue weighted by atomic mass is 16.5. The van der Waals surface area contributed by atoms with E-state index in [1.165, 1.54) is 32.2 Å². The average molecular weight is 200 g/mol. The topological polar surface area (TPSA) is 38.5 Å². The fraction of sp³-hybridized carbons (Fsp3) is 1.00. The van der Waals surface area contributed by atoms with Crippen molar-refractivity contribution in [2.45, 2.75) is 38.6 Å². The van der Waals surface area contributed by atoms with E-state index in [4.69, 9.17) is 10.5 Å². The molecule has 0 radical (unpaired) electrons. The van der Waals surface area contributed by atoms with Crippen LogP contribution in [0.25, 0.3) is 0 Å². The Hall–Kier alpha value is -0.120. The van der Waals surface area contributed by atoms with E-state index in [2.05, 4.69) is 11.8 Å². The van der Waals surface area contributed by atoms with E-state index in [9.17, 15) is 0 Å². The van der Waals surface area contributed by atoms with Gasteiger partial charge in [0.2, 0.25) is 0 Å². The summed E-state index contributed by atoms with van der Waals surface area (Å²) in [4.78, 5) is 2.55. The van der Waals surface area contributed by atoms with Gasteiger partial charge in [-0.3, -0.25) is 4.90 Å². The SMILES string of the molecule is CCCCN(CCN)C1CCOCC1. The maximum absolute atomic E-state index is 5.63. The Morgan fingerprint density at radius 3 is 2.57 bits per heavy atom. The largest absolute Gasteiger partial charge is 0.381 e. The molecule has 0 spiro atoms. The van der Waals surface area contributed by atoms with Crippen molar-refractivity contribution in [3.63, 3.8) is 0 Å². The lowest BCUT2D eigenvalue weighted by atomic mass is 10.1. The van der Waals surface area contributed by atoms with E-state index in [0.717, 1.165) is 32.3 Å². The van der Waals surface area contributed by atoms with Crippen LogP contribution in [0.4, 0.5) is 0 Å². The van der Waals surface area contributed by atoms with Crippen LogP contribution >= 0.6 is 0 Å². The molecular weight excluding hydrogens is 176 g/mol. The normalized spacial score (nSPS) is 19.1. The van der Waals surface area contributed by atoms with Crippen LogP contribution in [0.5, 0.6) is 0 Å². The lowest BCUT2D eigenvalue weighted by Gasteiger charge is -2.34. The first kappa shape index (κ1) is 12.0. The standard InChI is InChI=1S/C11H24N2O/c1-2-3-7-13(8-6-12)11-4-9-14-10-5-11/h11H,2-10,12H2,1H3. The van der Waals surface area contributed by atoms with Gasteiger partial charge in [0.1, 0.15) is 0 Å². The molecule has 3 nitrogen and oxygen atoms in total. The summed E-state index contributed by atoms with van der Waals surface area (Å²) < 4.78 is 5.37. The monoisotopic (exact) mass is 200 g/mol. The van der Waals surface area contributed by atoms with E-state index >= 15 is 0 Å². The molecule has 0 amide bonds. The molecule has 84 valence electrons. The Labute approximate surface area is 87.6 Å². The molecule has 2 N–H and O–H groups in total. The Kier molecular flexibility index (Phi) is 6.15. The van der Waals surface area contributed by atoms with Crippen molar-refractivity contribution < 1.29 is 4.74 Å². The minimum absolute atomic E-state index is 0.721. The van der Waals surface area contributed by atoms with Gasteiger partial charge in [-0.25, -0.2) is 0 Å².